The third kappa shape index (κ3) is 6.27. The van der Waals surface area contributed by atoms with Crippen LogP contribution in [0.5, 0.6) is 0 Å². The van der Waals surface area contributed by atoms with Crippen LogP contribution in [0.15, 0.2) is 30.6 Å². The molecule has 2 saturated heterocycles. The molecule has 2 aliphatic heterocycles. The van der Waals surface area contributed by atoms with E-state index < -0.39 is 35.7 Å². The molecule has 0 radical (unpaired) electrons. The van der Waals surface area contributed by atoms with E-state index in [1.54, 1.807) is 19.2 Å². The number of hydrogen-bond donors (Lipinski definition) is 2. The number of carbonyl (C=O) groups is 2. The molecule has 0 spiro atoms. The summed E-state index contributed by atoms with van der Waals surface area (Å²) >= 11 is 0. The number of ether oxygens (including phenoxy) is 1. The fraction of sp³-hybridized carbons (Fsp3) is 0.500. The Morgan fingerprint density at radius 3 is 2.62 bits per heavy atom. The predicted molar refractivity (Wildman–Crippen MR) is 128 cm³/mol. The highest BCUT2D eigenvalue weighted by Crippen LogP contribution is 2.31. The van der Waals surface area contributed by atoms with Crippen LogP contribution in [0.25, 0.3) is 0 Å². The first-order valence-electron chi connectivity index (χ1n) is 12.0. The van der Waals surface area contributed by atoms with Gasteiger partial charge in [-0.25, -0.2) is 19.2 Å². The van der Waals surface area contributed by atoms with Crippen molar-refractivity contribution in [3.05, 3.63) is 42.1 Å². The van der Waals surface area contributed by atoms with Crippen molar-refractivity contribution < 1.29 is 31.9 Å². The molecule has 9 nitrogen and oxygen atoms in total. The number of amides is 3. The summed E-state index contributed by atoms with van der Waals surface area (Å²) in [6.45, 7) is 1.62. The Morgan fingerprint density at radius 1 is 1.14 bits per heavy atom. The molecule has 3 amide bonds. The first-order chi connectivity index (χ1) is 17.7. The number of carbonyl (C=O) groups excluding carboxylic acids is 2. The Labute approximate surface area is 211 Å². The number of aromatic nitrogens is 2. The van der Waals surface area contributed by atoms with Gasteiger partial charge in [-0.3, -0.25) is 10.1 Å². The Balaban J connectivity index is 1.41. The largest absolute Gasteiger partial charge is 0.434 e. The second-order valence-corrected chi connectivity index (χ2v) is 9.00. The van der Waals surface area contributed by atoms with Crippen LogP contribution < -0.4 is 20.4 Å². The zero-order valence-corrected chi connectivity index (χ0v) is 20.2. The van der Waals surface area contributed by atoms with E-state index >= 15 is 4.39 Å². The Bertz CT molecular complexity index is 1110. The van der Waals surface area contributed by atoms with Gasteiger partial charge in [0.25, 0.3) is 0 Å². The van der Waals surface area contributed by atoms with E-state index in [9.17, 15) is 22.8 Å². The maximum Gasteiger partial charge on any atom is 0.434 e. The van der Waals surface area contributed by atoms with Gasteiger partial charge in [0.15, 0.2) is 11.5 Å². The average Bonchev–Trinajstić information content (AvgIpc) is 2.86. The monoisotopic (exact) mass is 524 g/mol. The van der Waals surface area contributed by atoms with Gasteiger partial charge in [0.2, 0.25) is 5.91 Å². The van der Waals surface area contributed by atoms with Crippen LogP contribution in [0.4, 0.5) is 39.5 Å². The third-order valence-corrected chi connectivity index (χ3v) is 6.47. The number of nitrogens with one attached hydrogen (secondary N) is 2. The number of halogens is 4. The van der Waals surface area contributed by atoms with Crippen molar-refractivity contribution in [3.8, 4) is 0 Å². The lowest BCUT2D eigenvalue weighted by Crippen LogP contribution is -2.53. The van der Waals surface area contributed by atoms with E-state index in [-0.39, 0.29) is 24.1 Å². The molecule has 4 rings (SSSR count). The molecule has 2 N–H and O–H groups in total. The summed E-state index contributed by atoms with van der Waals surface area (Å²) in [6.07, 6.45) is 0.495. The van der Waals surface area contributed by atoms with Crippen molar-refractivity contribution in [1.29, 1.82) is 0 Å². The summed E-state index contributed by atoms with van der Waals surface area (Å²) in [7, 11) is 1.64. The summed E-state index contributed by atoms with van der Waals surface area (Å²) < 4.78 is 58.4. The van der Waals surface area contributed by atoms with Gasteiger partial charge in [-0.05, 0) is 50.3 Å². The van der Waals surface area contributed by atoms with Crippen molar-refractivity contribution >= 4 is 29.1 Å². The molecular weight excluding hydrogens is 496 g/mol. The molecule has 1 aromatic carbocycles. The molecule has 0 bridgehead atoms. The first-order valence-corrected chi connectivity index (χ1v) is 12.0. The topological polar surface area (TPSA) is 99.7 Å². The fourth-order valence-electron chi connectivity index (χ4n) is 4.70. The van der Waals surface area contributed by atoms with Crippen LogP contribution in [-0.4, -0.2) is 60.8 Å². The lowest BCUT2D eigenvalue weighted by atomic mass is 10.0. The zero-order chi connectivity index (χ0) is 26.6. The standard InChI is InChI=1S/C24H28F4N6O3/c1-37-14-16-5-2-3-9-33(16)15-7-8-19(17(25)11-15)34-10-4-6-18(22(34)35)31-23(36)32-21-13-29-20(12-30-21)24(26,27)28/h7-8,11-13,16,18H,2-6,9-10,14H2,1H3,(H2,30,31,32,36)/t16?,18-/m1/s1. The summed E-state index contributed by atoms with van der Waals surface area (Å²) in [5, 5.41) is 4.75. The number of urea groups is 1. The summed E-state index contributed by atoms with van der Waals surface area (Å²) in [6, 6.07) is 3.15. The maximum absolute atomic E-state index is 15.2. The maximum atomic E-state index is 15.2. The molecule has 37 heavy (non-hydrogen) atoms. The number of piperidine rings is 2. The number of methoxy groups -OCH3 is 1. The molecular formula is C24H28F4N6O3. The van der Waals surface area contributed by atoms with Gasteiger partial charge >= 0.3 is 12.2 Å². The van der Waals surface area contributed by atoms with E-state index in [0.717, 1.165) is 37.7 Å². The second-order valence-electron chi connectivity index (χ2n) is 9.00. The lowest BCUT2D eigenvalue weighted by Gasteiger charge is -2.38. The summed E-state index contributed by atoms with van der Waals surface area (Å²) in [5.74, 6) is -1.24. The van der Waals surface area contributed by atoms with E-state index in [2.05, 4.69) is 25.5 Å². The van der Waals surface area contributed by atoms with Gasteiger partial charge in [-0.2, -0.15) is 13.2 Å². The molecule has 2 aliphatic rings. The number of anilines is 3. The quantitative estimate of drug-likeness (QED) is 0.555. The fourth-order valence-corrected chi connectivity index (χ4v) is 4.70. The molecule has 1 unspecified atom stereocenters. The van der Waals surface area contributed by atoms with Crippen LogP contribution in [-0.2, 0) is 15.7 Å². The first kappa shape index (κ1) is 26.6. The van der Waals surface area contributed by atoms with Crippen molar-refractivity contribution in [1.82, 2.24) is 15.3 Å². The normalized spacial score (nSPS) is 20.6. The third-order valence-electron chi connectivity index (χ3n) is 6.47. The molecule has 2 aromatic rings. The van der Waals surface area contributed by atoms with E-state index in [0.29, 0.717) is 25.6 Å². The lowest BCUT2D eigenvalue weighted by molar-refractivity contribution is -0.141. The number of nitrogens with zero attached hydrogens (tertiary/aromatic N) is 4. The highest BCUT2D eigenvalue weighted by Gasteiger charge is 2.34. The van der Waals surface area contributed by atoms with Crippen molar-refractivity contribution in [2.24, 2.45) is 0 Å². The van der Waals surface area contributed by atoms with Gasteiger partial charge in [-0.1, -0.05) is 0 Å². The van der Waals surface area contributed by atoms with E-state index in [4.69, 9.17) is 4.74 Å². The van der Waals surface area contributed by atoms with Gasteiger partial charge < -0.3 is 19.9 Å². The average molecular weight is 525 g/mol. The Hall–Kier alpha value is -3.48. The van der Waals surface area contributed by atoms with Crippen LogP contribution in [0, 0.1) is 5.82 Å². The second kappa shape index (κ2) is 11.3. The molecule has 3 heterocycles. The SMILES string of the molecule is COCC1CCCCN1c1ccc(N2CCC[C@@H](NC(=O)Nc3cnc(C(F)(F)F)cn3)C2=O)c(F)c1. The highest BCUT2D eigenvalue weighted by molar-refractivity contribution is 6.01. The van der Waals surface area contributed by atoms with Crippen LogP contribution in [0.2, 0.25) is 0 Å². The van der Waals surface area contributed by atoms with Crippen molar-refractivity contribution in [3.63, 3.8) is 0 Å². The van der Waals surface area contributed by atoms with Gasteiger partial charge in [-0.15, -0.1) is 0 Å². The van der Waals surface area contributed by atoms with Gasteiger partial charge in [0.05, 0.1) is 30.7 Å². The van der Waals surface area contributed by atoms with Crippen LogP contribution in [0.3, 0.4) is 0 Å². The smallest absolute Gasteiger partial charge is 0.383 e. The molecule has 2 fully saturated rings. The minimum Gasteiger partial charge on any atom is -0.383 e. The minimum absolute atomic E-state index is 0.120. The zero-order valence-electron chi connectivity index (χ0n) is 20.2. The number of alkyl halides is 3. The molecule has 2 atom stereocenters. The van der Waals surface area contributed by atoms with Crippen LogP contribution in [0.1, 0.15) is 37.8 Å². The predicted octanol–water partition coefficient (Wildman–Crippen LogP) is 3.96. The molecule has 0 aliphatic carbocycles. The molecule has 1 aromatic heterocycles. The molecule has 200 valence electrons. The van der Waals surface area contributed by atoms with Crippen molar-refractivity contribution in [2.45, 2.75) is 50.4 Å². The Kier molecular flexibility index (Phi) is 8.10. The van der Waals surface area contributed by atoms with E-state index in [1.165, 1.54) is 11.0 Å². The molecule has 13 heteroatoms. The highest BCUT2D eigenvalue weighted by atomic mass is 19.4. The summed E-state index contributed by atoms with van der Waals surface area (Å²) in [5.41, 5.74) is -0.354. The van der Waals surface area contributed by atoms with Crippen molar-refractivity contribution in [2.75, 3.05) is 41.9 Å². The molecule has 0 saturated carbocycles. The Morgan fingerprint density at radius 2 is 1.95 bits per heavy atom. The summed E-state index contributed by atoms with van der Waals surface area (Å²) in [4.78, 5) is 35.6. The van der Waals surface area contributed by atoms with E-state index in [1.807, 2.05) is 0 Å². The number of benzene rings is 1. The number of hydrogen-bond acceptors (Lipinski definition) is 6. The minimum atomic E-state index is -4.65. The van der Waals surface area contributed by atoms with Gasteiger partial charge in [0, 0.05) is 25.9 Å². The van der Waals surface area contributed by atoms with Crippen LogP contribution >= 0.6 is 0 Å². The van der Waals surface area contributed by atoms with Gasteiger partial charge in [0.1, 0.15) is 11.9 Å². The number of rotatable bonds is 6.